The van der Waals surface area contributed by atoms with E-state index >= 15 is 0 Å². The van der Waals surface area contributed by atoms with Gasteiger partial charge in [0.1, 0.15) is 0 Å². The lowest BCUT2D eigenvalue weighted by molar-refractivity contribution is 0.105. The summed E-state index contributed by atoms with van der Waals surface area (Å²) in [5.41, 5.74) is 7.26. The first kappa shape index (κ1) is 14.8. The Morgan fingerprint density at radius 2 is 2.11 bits per heavy atom. The minimum absolute atomic E-state index is 0.641. The van der Waals surface area contributed by atoms with Gasteiger partial charge in [-0.05, 0) is 49.5 Å². The molecule has 2 nitrogen and oxygen atoms in total. The van der Waals surface area contributed by atoms with Crippen molar-refractivity contribution < 1.29 is 0 Å². The molecule has 106 valence electrons. The maximum atomic E-state index is 6.07. The number of nitrogens with two attached hydrogens (primary N) is 1. The number of hydrogen-bond acceptors (Lipinski definition) is 2. The van der Waals surface area contributed by atoms with Gasteiger partial charge in [-0.2, -0.15) is 0 Å². The molecule has 19 heavy (non-hydrogen) atoms. The van der Waals surface area contributed by atoms with Crippen molar-refractivity contribution >= 4 is 11.6 Å². The Hall–Kier alpha value is -0.570. The minimum Gasteiger partial charge on any atom is -0.330 e. The SMILES string of the molecule is CCN(Cc1cccc(Cl)c1)C1CCCCC1CN. The molecular weight excluding hydrogens is 256 g/mol. The summed E-state index contributed by atoms with van der Waals surface area (Å²) in [5, 5.41) is 0.826. The van der Waals surface area contributed by atoms with Crippen LogP contribution in [0.25, 0.3) is 0 Å². The summed E-state index contributed by atoms with van der Waals surface area (Å²) in [6, 6.07) is 8.85. The van der Waals surface area contributed by atoms with Crippen molar-refractivity contribution in [2.45, 2.75) is 45.2 Å². The molecule has 0 radical (unpaired) electrons. The highest BCUT2D eigenvalue weighted by molar-refractivity contribution is 6.30. The van der Waals surface area contributed by atoms with E-state index in [1.807, 2.05) is 12.1 Å². The van der Waals surface area contributed by atoms with E-state index in [4.69, 9.17) is 17.3 Å². The van der Waals surface area contributed by atoms with E-state index in [2.05, 4.69) is 24.0 Å². The summed E-state index contributed by atoms with van der Waals surface area (Å²) in [7, 11) is 0. The standard InChI is InChI=1S/C16H25ClN2/c1-2-19(12-13-6-5-8-15(17)10-13)16-9-4-3-7-14(16)11-18/h5-6,8,10,14,16H,2-4,7,9,11-12,18H2,1H3. The van der Waals surface area contributed by atoms with Crippen LogP contribution in [0, 0.1) is 5.92 Å². The minimum atomic E-state index is 0.641. The number of rotatable bonds is 5. The van der Waals surface area contributed by atoms with Crippen LogP contribution in [0.4, 0.5) is 0 Å². The van der Waals surface area contributed by atoms with Crippen molar-refractivity contribution in [1.29, 1.82) is 0 Å². The van der Waals surface area contributed by atoms with Gasteiger partial charge in [0.2, 0.25) is 0 Å². The van der Waals surface area contributed by atoms with Crippen LogP contribution in [0.3, 0.4) is 0 Å². The Morgan fingerprint density at radius 3 is 2.79 bits per heavy atom. The Bertz CT molecular complexity index is 394. The Balaban J connectivity index is 2.06. The van der Waals surface area contributed by atoms with Crippen molar-refractivity contribution in [3.05, 3.63) is 34.9 Å². The zero-order chi connectivity index (χ0) is 13.7. The van der Waals surface area contributed by atoms with E-state index in [-0.39, 0.29) is 0 Å². The van der Waals surface area contributed by atoms with Gasteiger partial charge < -0.3 is 5.73 Å². The third-order valence-corrected chi connectivity index (χ3v) is 4.56. The molecule has 1 aromatic rings. The zero-order valence-corrected chi connectivity index (χ0v) is 12.6. The van der Waals surface area contributed by atoms with Gasteiger partial charge in [0.05, 0.1) is 0 Å². The number of benzene rings is 1. The molecule has 0 saturated heterocycles. The van der Waals surface area contributed by atoms with Gasteiger partial charge in [-0.1, -0.05) is 43.5 Å². The van der Waals surface area contributed by atoms with Gasteiger partial charge >= 0.3 is 0 Å². The summed E-state index contributed by atoms with van der Waals surface area (Å²) in [6.07, 6.45) is 5.25. The molecule has 1 saturated carbocycles. The monoisotopic (exact) mass is 280 g/mol. The second-order valence-corrected chi connectivity index (χ2v) is 5.98. The molecule has 2 atom stereocenters. The second-order valence-electron chi connectivity index (χ2n) is 5.54. The lowest BCUT2D eigenvalue weighted by atomic mass is 9.83. The fourth-order valence-electron chi connectivity index (χ4n) is 3.28. The molecule has 1 aliphatic carbocycles. The summed E-state index contributed by atoms with van der Waals surface area (Å²) < 4.78 is 0. The van der Waals surface area contributed by atoms with E-state index in [0.717, 1.165) is 24.7 Å². The first-order chi connectivity index (χ1) is 9.24. The van der Waals surface area contributed by atoms with Crippen LogP contribution >= 0.6 is 11.6 Å². The molecule has 0 bridgehead atoms. The molecule has 0 amide bonds. The third kappa shape index (κ3) is 3.95. The first-order valence-corrected chi connectivity index (χ1v) is 7.81. The Morgan fingerprint density at radius 1 is 1.32 bits per heavy atom. The van der Waals surface area contributed by atoms with Crippen molar-refractivity contribution in [2.24, 2.45) is 11.7 Å². The lowest BCUT2D eigenvalue weighted by Gasteiger charge is -2.39. The van der Waals surface area contributed by atoms with Gasteiger partial charge in [-0.15, -0.1) is 0 Å². The van der Waals surface area contributed by atoms with Crippen LogP contribution in [0.5, 0.6) is 0 Å². The first-order valence-electron chi connectivity index (χ1n) is 7.43. The topological polar surface area (TPSA) is 29.3 Å². The molecule has 0 aromatic heterocycles. The number of nitrogens with zero attached hydrogens (tertiary/aromatic N) is 1. The molecule has 0 spiro atoms. The largest absolute Gasteiger partial charge is 0.330 e. The molecule has 2 unspecified atom stereocenters. The number of hydrogen-bond donors (Lipinski definition) is 1. The highest BCUT2D eigenvalue weighted by Crippen LogP contribution is 2.29. The molecule has 1 aliphatic rings. The second kappa shape index (κ2) is 7.28. The summed E-state index contributed by atoms with van der Waals surface area (Å²) in [6.45, 7) is 5.12. The van der Waals surface area contributed by atoms with Gasteiger partial charge in [0.15, 0.2) is 0 Å². The maximum Gasteiger partial charge on any atom is 0.0409 e. The average molecular weight is 281 g/mol. The van der Waals surface area contributed by atoms with Crippen LogP contribution in [-0.2, 0) is 6.54 Å². The smallest absolute Gasteiger partial charge is 0.0409 e. The summed E-state index contributed by atoms with van der Waals surface area (Å²) >= 11 is 6.07. The summed E-state index contributed by atoms with van der Waals surface area (Å²) in [5.74, 6) is 0.660. The fourth-order valence-corrected chi connectivity index (χ4v) is 3.49. The quantitative estimate of drug-likeness (QED) is 0.891. The average Bonchev–Trinajstić information content (AvgIpc) is 2.45. The summed E-state index contributed by atoms with van der Waals surface area (Å²) in [4.78, 5) is 2.57. The molecule has 2 N–H and O–H groups in total. The van der Waals surface area contributed by atoms with Gasteiger partial charge in [0.25, 0.3) is 0 Å². The van der Waals surface area contributed by atoms with Crippen molar-refractivity contribution in [1.82, 2.24) is 4.90 Å². The Labute approximate surface area is 121 Å². The molecule has 0 aliphatic heterocycles. The predicted molar refractivity (Wildman–Crippen MR) is 82.3 cm³/mol. The van der Waals surface area contributed by atoms with Crippen molar-refractivity contribution in [3.63, 3.8) is 0 Å². The lowest BCUT2D eigenvalue weighted by Crippen LogP contribution is -2.44. The van der Waals surface area contributed by atoms with E-state index in [1.54, 1.807) is 0 Å². The normalized spacial score (nSPS) is 23.8. The van der Waals surface area contributed by atoms with Crippen molar-refractivity contribution in [2.75, 3.05) is 13.1 Å². The van der Waals surface area contributed by atoms with E-state index in [9.17, 15) is 0 Å². The Kier molecular flexibility index (Phi) is 5.68. The van der Waals surface area contributed by atoms with E-state index < -0.39 is 0 Å². The van der Waals surface area contributed by atoms with Crippen molar-refractivity contribution in [3.8, 4) is 0 Å². The van der Waals surface area contributed by atoms with E-state index in [1.165, 1.54) is 31.2 Å². The highest BCUT2D eigenvalue weighted by Gasteiger charge is 2.28. The van der Waals surface area contributed by atoms with Crippen LogP contribution in [0.2, 0.25) is 5.02 Å². The van der Waals surface area contributed by atoms with Crippen LogP contribution in [0.1, 0.15) is 38.2 Å². The fraction of sp³-hybridized carbons (Fsp3) is 0.625. The number of halogens is 1. The van der Waals surface area contributed by atoms with Crippen LogP contribution in [-0.4, -0.2) is 24.0 Å². The predicted octanol–water partition coefficient (Wildman–Crippen LogP) is 3.68. The van der Waals surface area contributed by atoms with E-state index in [0.29, 0.717) is 12.0 Å². The van der Waals surface area contributed by atoms with Gasteiger partial charge in [-0.25, -0.2) is 0 Å². The zero-order valence-electron chi connectivity index (χ0n) is 11.8. The third-order valence-electron chi connectivity index (χ3n) is 4.32. The highest BCUT2D eigenvalue weighted by atomic mass is 35.5. The molecule has 2 rings (SSSR count). The van der Waals surface area contributed by atoms with Crippen LogP contribution in [0.15, 0.2) is 24.3 Å². The molecule has 1 fully saturated rings. The molecule has 3 heteroatoms. The molecule has 1 aromatic carbocycles. The van der Waals surface area contributed by atoms with Gasteiger partial charge in [-0.3, -0.25) is 4.90 Å². The maximum absolute atomic E-state index is 6.07. The molecule has 0 heterocycles. The molecular formula is C16H25ClN2. The van der Waals surface area contributed by atoms with Crippen LogP contribution < -0.4 is 5.73 Å². The van der Waals surface area contributed by atoms with Gasteiger partial charge in [0, 0.05) is 17.6 Å².